The van der Waals surface area contributed by atoms with Gasteiger partial charge in [-0.05, 0) is 30.7 Å². The molecule has 3 rings (SSSR count). The Morgan fingerprint density at radius 3 is 2.50 bits per heavy atom. The second-order valence-electron chi connectivity index (χ2n) is 6.11. The van der Waals surface area contributed by atoms with Crippen LogP contribution in [0.3, 0.4) is 0 Å². The zero-order valence-corrected chi connectivity index (χ0v) is 15.4. The van der Waals surface area contributed by atoms with E-state index in [1.165, 1.54) is 16.4 Å². The van der Waals surface area contributed by atoms with Gasteiger partial charge in [-0.15, -0.1) is 0 Å². The predicted octanol–water partition coefficient (Wildman–Crippen LogP) is 2.37. The van der Waals surface area contributed by atoms with Gasteiger partial charge in [0.05, 0.1) is 23.7 Å². The lowest BCUT2D eigenvalue weighted by molar-refractivity contribution is 0.0472. The fourth-order valence-corrected chi connectivity index (χ4v) is 4.09. The zero-order valence-electron chi connectivity index (χ0n) is 14.6. The quantitative estimate of drug-likeness (QED) is 0.750. The standard InChI is InChI=1S/C19H21NO5S/c1-15-5-7-16(8-6-15)14-25-19(21)17-3-2-4-18(13-17)26(22,23)20-9-11-24-12-10-20/h2-8,13H,9-12,14H2,1H3. The first-order valence-corrected chi connectivity index (χ1v) is 9.81. The molecule has 138 valence electrons. The molecule has 0 N–H and O–H groups in total. The number of nitrogens with zero attached hydrogens (tertiary/aromatic N) is 1. The second kappa shape index (κ2) is 7.99. The minimum absolute atomic E-state index is 0.0872. The van der Waals surface area contributed by atoms with Gasteiger partial charge in [-0.1, -0.05) is 35.9 Å². The van der Waals surface area contributed by atoms with Crippen molar-refractivity contribution in [1.82, 2.24) is 4.31 Å². The van der Waals surface area contributed by atoms with Crippen LogP contribution < -0.4 is 0 Å². The molecule has 26 heavy (non-hydrogen) atoms. The molecular weight excluding hydrogens is 354 g/mol. The van der Waals surface area contributed by atoms with Crippen molar-refractivity contribution in [1.29, 1.82) is 0 Å². The summed E-state index contributed by atoms with van der Waals surface area (Å²) >= 11 is 0. The van der Waals surface area contributed by atoms with Crippen molar-refractivity contribution in [2.45, 2.75) is 18.4 Å². The molecule has 0 radical (unpaired) electrons. The van der Waals surface area contributed by atoms with Gasteiger partial charge in [0.25, 0.3) is 0 Å². The molecule has 2 aromatic rings. The van der Waals surface area contributed by atoms with Crippen molar-refractivity contribution in [3.63, 3.8) is 0 Å². The Morgan fingerprint density at radius 2 is 1.81 bits per heavy atom. The summed E-state index contributed by atoms with van der Waals surface area (Å²) in [5.41, 5.74) is 2.22. The lowest BCUT2D eigenvalue weighted by Crippen LogP contribution is -2.40. The highest BCUT2D eigenvalue weighted by atomic mass is 32.2. The summed E-state index contributed by atoms with van der Waals surface area (Å²) < 4.78 is 37.2. The van der Waals surface area contributed by atoms with Gasteiger partial charge in [0.1, 0.15) is 6.61 Å². The van der Waals surface area contributed by atoms with Crippen LogP contribution in [0.4, 0.5) is 0 Å². The zero-order chi connectivity index (χ0) is 18.6. The summed E-state index contributed by atoms with van der Waals surface area (Å²) in [6, 6.07) is 13.6. The number of carbonyl (C=O) groups is 1. The summed E-state index contributed by atoms with van der Waals surface area (Å²) in [5, 5.41) is 0. The Balaban J connectivity index is 1.71. The first kappa shape index (κ1) is 18.6. The van der Waals surface area contributed by atoms with Crippen LogP contribution in [-0.2, 0) is 26.1 Å². The van der Waals surface area contributed by atoms with Crippen molar-refractivity contribution < 1.29 is 22.7 Å². The molecule has 0 bridgehead atoms. The fraction of sp³-hybridized carbons (Fsp3) is 0.316. The maximum absolute atomic E-state index is 12.7. The molecule has 0 atom stereocenters. The number of carbonyl (C=O) groups excluding carboxylic acids is 1. The summed E-state index contributed by atoms with van der Waals surface area (Å²) in [5.74, 6) is -0.551. The fourth-order valence-electron chi connectivity index (χ4n) is 2.64. The third-order valence-electron chi connectivity index (χ3n) is 4.17. The van der Waals surface area contributed by atoms with Crippen molar-refractivity contribution in [2.24, 2.45) is 0 Å². The lowest BCUT2D eigenvalue weighted by Gasteiger charge is -2.26. The van der Waals surface area contributed by atoms with E-state index in [9.17, 15) is 13.2 Å². The lowest BCUT2D eigenvalue weighted by atomic mass is 10.2. The van der Waals surface area contributed by atoms with Crippen molar-refractivity contribution >= 4 is 16.0 Å². The molecule has 0 amide bonds. The average molecular weight is 375 g/mol. The Kier molecular flexibility index (Phi) is 5.70. The van der Waals surface area contributed by atoms with Gasteiger partial charge in [0.2, 0.25) is 10.0 Å². The van der Waals surface area contributed by atoms with E-state index in [-0.39, 0.29) is 17.1 Å². The highest BCUT2D eigenvalue weighted by Gasteiger charge is 2.27. The molecule has 1 fully saturated rings. The number of rotatable bonds is 5. The molecule has 0 unspecified atom stereocenters. The van der Waals surface area contributed by atoms with Gasteiger partial charge in [0, 0.05) is 13.1 Å². The molecule has 1 heterocycles. The number of benzene rings is 2. The number of sulfonamides is 1. The van der Waals surface area contributed by atoms with Crippen molar-refractivity contribution in [3.05, 3.63) is 65.2 Å². The molecule has 2 aromatic carbocycles. The molecule has 6 nitrogen and oxygen atoms in total. The van der Waals surface area contributed by atoms with Crippen LogP contribution in [0, 0.1) is 6.92 Å². The molecule has 0 aromatic heterocycles. The maximum Gasteiger partial charge on any atom is 0.338 e. The molecule has 0 spiro atoms. The van der Waals surface area contributed by atoms with Gasteiger partial charge in [-0.2, -0.15) is 4.31 Å². The number of aryl methyl sites for hydroxylation is 1. The molecule has 0 saturated carbocycles. The van der Waals surface area contributed by atoms with E-state index in [4.69, 9.17) is 9.47 Å². The van der Waals surface area contributed by atoms with Crippen molar-refractivity contribution in [2.75, 3.05) is 26.3 Å². The minimum Gasteiger partial charge on any atom is -0.457 e. The Hall–Kier alpha value is -2.22. The van der Waals surface area contributed by atoms with Crippen molar-refractivity contribution in [3.8, 4) is 0 Å². The average Bonchev–Trinajstić information content (AvgIpc) is 2.68. The largest absolute Gasteiger partial charge is 0.457 e. The normalized spacial score (nSPS) is 15.6. The van der Waals surface area contributed by atoms with Crippen LogP contribution in [0.5, 0.6) is 0 Å². The van der Waals surface area contributed by atoms with E-state index in [0.717, 1.165) is 11.1 Å². The Morgan fingerprint density at radius 1 is 1.12 bits per heavy atom. The number of hydrogen-bond donors (Lipinski definition) is 0. The Labute approximate surface area is 153 Å². The molecule has 0 aliphatic carbocycles. The summed E-state index contributed by atoms with van der Waals surface area (Å²) in [7, 11) is -3.64. The summed E-state index contributed by atoms with van der Waals surface area (Å²) in [4.78, 5) is 12.4. The van der Waals surface area contributed by atoms with E-state index >= 15 is 0 Å². The number of esters is 1. The molecular formula is C19H21NO5S. The number of ether oxygens (including phenoxy) is 2. The molecule has 1 saturated heterocycles. The minimum atomic E-state index is -3.64. The van der Waals surface area contributed by atoms with Gasteiger partial charge >= 0.3 is 5.97 Å². The monoisotopic (exact) mass is 375 g/mol. The van der Waals surface area contributed by atoms with Crippen LogP contribution in [0.25, 0.3) is 0 Å². The second-order valence-corrected chi connectivity index (χ2v) is 8.04. The van der Waals surface area contributed by atoms with Gasteiger partial charge in [-0.25, -0.2) is 13.2 Å². The van der Waals surface area contributed by atoms with Crippen LogP contribution in [0.1, 0.15) is 21.5 Å². The smallest absolute Gasteiger partial charge is 0.338 e. The van der Waals surface area contributed by atoms with E-state index < -0.39 is 16.0 Å². The van der Waals surface area contributed by atoms with Crippen LogP contribution in [0.15, 0.2) is 53.4 Å². The van der Waals surface area contributed by atoms with Gasteiger partial charge < -0.3 is 9.47 Å². The Bertz CT molecular complexity index is 871. The van der Waals surface area contributed by atoms with E-state index in [0.29, 0.717) is 26.3 Å². The van der Waals surface area contributed by atoms with Gasteiger partial charge in [0.15, 0.2) is 0 Å². The first-order valence-electron chi connectivity index (χ1n) is 8.37. The maximum atomic E-state index is 12.7. The topological polar surface area (TPSA) is 72.9 Å². The SMILES string of the molecule is Cc1ccc(COC(=O)c2cccc(S(=O)(=O)N3CCOCC3)c2)cc1. The van der Waals surface area contributed by atoms with Gasteiger partial charge in [-0.3, -0.25) is 0 Å². The van der Waals surface area contributed by atoms with Crippen LogP contribution >= 0.6 is 0 Å². The molecule has 1 aliphatic rings. The van der Waals surface area contributed by atoms with E-state index in [1.807, 2.05) is 31.2 Å². The molecule has 7 heteroatoms. The van der Waals surface area contributed by atoms with E-state index in [2.05, 4.69) is 0 Å². The number of morpholine rings is 1. The van der Waals surface area contributed by atoms with Crippen LogP contribution in [-0.4, -0.2) is 45.0 Å². The third-order valence-corrected chi connectivity index (χ3v) is 6.06. The first-order chi connectivity index (χ1) is 12.5. The third kappa shape index (κ3) is 4.30. The summed E-state index contributed by atoms with van der Waals surface area (Å²) in [6.07, 6.45) is 0. The predicted molar refractivity (Wildman–Crippen MR) is 96.3 cm³/mol. The van der Waals surface area contributed by atoms with E-state index in [1.54, 1.807) is 12.1 Å². The summed E-state index contributed by atoms with van der Waals surface area (Å²) in [6.45, 7) is 3.49. The van der Waals surface area contributed by atoms with Crippen LogP contribution in [0.2, 0.25) is 0 Å². The highest BCUT2D eigenvalue weighted by molar-refractivity contribution is 7.89. The molecule has 1 aliphatic heterocycles. The highest BCUT2D eigenvalue weighted by Crippen LogP contribution is 2.19. The number of hydrogen-bond acceptors (Lipinski definition) is 5.